The smallest absolute Gasteiger partial charge is 0.378 e. The van der Waals surface area contributed by atoms with Gasteiger partial charge in [0.1, 0.15) is 0 Å². The van der Waals surface area contributed by atoms with Crippen LogP contribution in [0.5, 0.6) is 0 Å². The lowest BCUT2D eigenvalue weighted by molar-refractivity contribution is -0.339. The minimum Gasteiger partial charge on any atom is -0.545 e. The molecule has 0 aromatic heterocycles. The number of rotatable bonds is 8. The van der Waals surface area contributed by atoms with Crippen LogP contribution in [0.4, 0.5) is 35.1 Å². The van der Waals surface area contributed by atoms with Crippen LogP contribution in [0.1, 0.15) is 20.3 Å². The van der Waals surface area contributed by atoms with E-state index in [-0.39, 0.29) is 0 Å². The van der Waals surface area contributed by atoms with Gasteiger partial charge in [-0.3, -0.25) is 0 Å². The summed E-state index contributed by atoms with van der Waals surface area (Å²) in [6.07, 6.45) is -7.95. The van der Waals surface area contributed by atoms with Crippen molar-refractivity contribution >= 4 is 11.9 Å². The summed E-state index contributed by atoms with van der Waals surface area (Å²) in [5.41, 5.74) is -3.37. The topological polar surface area (TPSA) is 80.3 Å². The first-order valence-corrected chi connectivity index (χ1v) is 6.08. The molecule has 0 saturated heterocycles. The van der Waals surface area contributed by atoms with Crippen molar-refractivity contribution in [3.63, 3.8) is 0 Å². The van der Waals surface area contributed by atoms with E-state index in [1.165, 1.54) is 0 Å². The van der Waals surface area contributed by atoms with Gasteiger partial charge in [-0.1, -0.05) is 13.8 Å². The second kappa shape index (κ2) is 6.93. The normalized spacial score (nSPS) is 14.8. The zero-order valence-corrected chi connectivity index (χ0v) is 12.0. The fourth-order valence-corrected chi connectivity index (χ4v) is 1.70. The van der Waals surface area contributed by atoms with Gasteiger partial charge in [0.15, 0.2) is 0 Å². The second-order valence-corrected chi connectivity index (χ2v) is 5.00. The summed E-state index contributed by atoms with van der Waals surface area (Å²) in [5.74, 6) is -25.5. The van der Waals surface area contributed by atoms with E-state index in [4.69, 9.17) is 0 Å². The predicted octanol–water partition coefficient (Wildman–Crippen LogP) is 1.000. The van der Waals surface area contributed by atoms with E-state index in [9.17, 15) is 54.9 Å². The van der Waals surface area contributed by atoms with Gasteiger partial charge in [0.05, 0.1) is 11.9 Å². The molecule has 0 N–H and O–H groups in total. The van der Waals surface area contributed by atoms with Crippen LogP contribution in [-0.2, 0) is 9.59 Å². The Morgan fingerprint density at radius 3 is 1.58 bits per heavy atom. The Labute approximate surface area is 129 Å². The first-order chi connectivity index (χ1) is 10.5. The summed E-state index contributed by atoms with van der Waals surface area (Å²) < 4.78 is 102. The number of carbonyl (C=O) groups excluding carboxylic acids is 2. The molecule has 0 aromatic carbocycles. The van der Waals surface area contributed by atoms with Crippen molar-refractivity contribution in [2.45, 2.75) is 44.5 Å². The maximum Gasteiger partial charge on any atom is 0.378 e. The van der Waals surface area contributed by atoms with E-state index in [1.54, 1.807) is 0 Å². The van der Waals surface area contributed by atoms with Crippen molar-refractivity contribution in [3.05, 3.63) is 11.1 Å². The van der Waals surface area contributed by atoms with Crippen LogP contribution in [0.15, 0.2) is 11.1 Å². The van der Waals surface area contributed by atoms with Crippen LogP contribution in [0.2, 0.25) is 0 Å². The number of aliphatic carboxylic acids is 2. The highest BCUT2D eigenvalue weighted by Gasteiger charge is 2.75. The number of carboxylic acid groups (broad SMARTS) is 2. The lowest BCUT2D eigenvalue weighted by Gasteiger charge is -2.33. The molecule has 0 aliphatic rings. The lowest BCUT2D eigenvalue weighted by atomic mass is 9.90. The minimum atomic E-state index is -6.66. The molecule has 0 atom stereocenters. The highest BCUT2D eigenvalue weighted by Crippen LogP contribution is 2.51. The Morgan fingerprint density at radius 1 is 0.917 bits per heavy atom. The van der Waals surface area contributed by atoms with Crippen LogP contribution in [0.3, 0.4) is 0 Å². The Balaban J connectivity index is 6.19. The minimum absolute atomic E-state index is 0.956. The average Bonchev–Trinajstić information content (AvgIpc) is 2.35. The van der Waals surface area contributed by atoms with Gasteiger partial charge < -0.3 is 19.8 Å². The van der Waals surface area contributed by atoms with E-state index in [0.717, 1.165) is 13.8 Å². The molecule has 0 aliphatic carbocycles. The predicted molar refractivity (Wildman–Crippen MR) is 57.3 cm³/mol. The van der Waals surface area contributed by atoms with Crippen molar-refractivity contribution in [2.24, 2.45) is 5.92 Å². The summed E-state index contributed by atoms with van der Waals surface area (Å²) in [4.78, 5) is 21.5. The standard InChI is InChI=1S/C12H12F8O4/c1-4(2)6(8(23)24)5(7(21)22)3-10(15,16)12(19,20)11(17,18)9(13)14/h4,9H,3H2,1-2H3,(H,21,22)(H,23,24)/p-2/b6-5+. The van der Waals surface area contributed by atoms with Gasteiger partial charge in [-0.15, -0.1) is 0 Å². The van der Waals surface area contributed by atoms with Gasteiger partial charge >= 0.3 is 24.2 Å². The number of alkyl halides is 8. The molecule has 0 fully saturated rings. The third-order valence-corrected chi connectivity index (χ3v) is 2.92. The van der Waals surface area contributed by atoms with Crippen molar-refractivity contribution < 1.29 is 54.9 Å². The fourth-order valence-electron chi connectivity index (χ4n) is 1.70. The molecule has 0 unspecified atom stereocenters. The maximum atomic E-state index is 13.5. The molecular formula is C12H10F8O4-2. The van der Waals surface area contributed by atoms with E-state index < -0.39 is 59.6 Å². The van der Waals surface area contributed by atoms with Crippen molar-refractivity contribution in [1.29, 1.82) is 0 Å². The van der Waals surface area contributed by atoms with Crippen LogP contribution in [0, 0.1) is 5.92 Å². The quantitative estimate of drug-likeness (QED) is 0.472. The molecule has 4 nitrogen and oxygen atoms in total. The van der Waals surface area contributed by atoms with E-state index >= 15 is 0 Å². The molecule has 0 heterocycles. The van der Waals surface area contributed by atoms with Crippen molar-refractivity contribution in [3.8, 4) is 0 Å². The second-order valence-electron chi connectivity index (χ2n) is 5.00. The highest BCUT2D eigenvalue weighted by atomic mass is 19.4. The van der Waals surface area contributed by atoms with Gasteiger partial charge in [-0.25, -0.2) is 8.78 Å². The highest BCUT2D eigenvalue weighted by molar-refractivity contribution is 5.97. The van der Waals surface area contributed by atoms with Crippen molar-refractivity contribution in [1.82, 2.24) is 0 Å². The Kier molecular flexibility index (Phi) is 6.39. The molecule has 0 amide bonds. The summed E-state index contributed by atoms with van der Waals surface area (Å²) in [5, 5.41) is 21.5. The number of halogens is 8. The Morgan fingerprint density at radius 2 is 1.33 bits per heavy atom. The Bertz CT molecular complexity index is 539. The molecule has 0 aromatic rings. The van der Waals surface area contributed by atoms with Crippen molar-refractivity contribution in [2.75, 3.05) is 0 Å². The van der Waals surface area contributed by atoms with Gasteiger partial charge in [-0.2, -0.15) is 26.3 Å². The molecule has 140 valence electrons. The third kappa shape index (κ3) is 3.96. The summed E-state index contributed by atoms with van der Waals surface area (Å²) >= 11 is 0. The van der Waals surface area contributed by atoms with E-state index in [1.807, 2.05) is 0 Å². The summed E-state index contributed by atoms with van der Waals surface area (Å²) in [6.45, 7) is 1.91. The number of hydrogen-bond acceptors (Lipinski definition) is 4. The molecule has 0 spiro atoms. The van der Waals surface area contributed by atoms with Crippen LogP contribution >= 0.6 is 0 Å². The number of hydrogen-bond donors (Lipinski definition) is 0. The zero-order valence-electron chi connectivity index (χ0n) is 12.0. The molecule has 0 radical (unpaired) electrons. The molecule has 0 bridgehead atoms. The van der Waals surface area contributed by atoms with Gasteiger partial charge in [0.25, 0.3) is 0 Å². The first-order valence-electron chi connectivity index (χ1n) is 6.08. The van der Waals surface area contributed by atoms with E-state index in [2.05, 4.69) is 0 Å². The van der Waals surface area contributed by atoms with Crippen LogP contribution < -0.4 is 10.2 Å². The number of carboxylic acids is 2. The Hall–Kier alpha value is -1.88. The van der Waals surface area contributed by atoms with Gasteiger partial charge in [-0.05, 0) is 17.1 Å². The molecular weight excluding hydrogens is 360 g/mol. The monoisotopic (exact) mass is 370 g/mol. The van der Waals surface area contributed by atoms with Crippen LogP contribution in [-0.4, -0.2) is 36.1 Å². The summed E-state index contributed by atoms with van der Waals surface area (Å²) in [6, 6.07) is 0. The maximum absolute atomic E-state index is 13.5. The largest absolute Gasteiger partial charge is 0.545 e. The molecule has 0 aliphatic heterocycles. The zero-order chi connectivity index (χ0) is 19.7. The third-order valence-electron chi connectivity index (χ3n) is 2.92. The first kappa shape index (κ1) is 22.1. The molecule has 24 heavy (non-hydrogen) atoms. The molecule has 0 rings (SSSR count). The average molecular weight is 370 g/mol. The fraction of sp³-hybridized carbons (Fsp3) is 0.667. The summed E-state index contributed by atoms with van der Waals surface area (Å²) in [7, 11) is 0. The van der Waals surface area contributed by atoms with Crippen LogP contribution in [0.25, 0.3) is 0 Å². The molecule has 12 heteroatoms. The van der Waals surface area contributed by atoms with E-state index in [0.29, 0.717) is 0 Å². The number of carbonyl (C=O) groups is 2. The molecule has 0 saturated carbocycles. The van der Waals surface area contributed by atoms with Gasteiger partial charge in [0, 0.05) is 6.42 Å². The van der Waals surface area contributed by atoms with Gasteiger partial charge in [0.2, 0.25) is 0 Å². The SMILES string of the molecule is CC(C)/C(C(=O)[O-])=C(/CC(F)(F)C(F)(F)C(F)(F)C(F)F)C(=O)[O-]. The lowest BCUT2D eigenvalue weighted by Crippen LogP contribution is -2.58.